The zero-order valence-corrected chi connectivity index (χ0v) is 45.6. The van der Waals surface area contributed by atoms with Crippen LogP contribution >= 0.6 is 11.8 Å². The van der Waals surface area contributed by atoms with Crippen LogP contribution in [-0.4, -0.2) is 126 Å². The zero-order chi connectivity index (χ0) is 55.4. The number of carbonyl (C=O) groups is 8. The van der Waals surface area contributed by atoms with Crippen LogP contribution in [0.25, 0.3) is 0 Å². The molecular weight excluding hydrogens is 957 g/mol. The molecule has 7 atom stereocenters. The Bertz CT molecular complexity index is 1980. The zero-order valence-electron chi connectivity index (χ0n) is 44.8. The fourth-order valence-electron chi connectivity index (χ4n) is 7.65. The molecule has 23 heteroatoms. The lowest BCUT2D eigenvalue weighted by Gasteiger charge is -2.29. The number of hydrogen-bond acceptors (Lipinski definition) is 12. The Morgan fingerprint density at radius 1 is 0.562 bits per heavy atom. The average molecular weight is 1050 g/mol. The molecule has 0 aliphatic rings. The normalized spacial score (nSPS) is 14.1. The van der Waals surface area contributed by atoms with Crippen molar-refractivity contribution in [2.24, 2.45) is 51.6 Å². The second-order valence-electron chi connectivity index (χ2n) is 20.0. The Hall–Kier alpha value is -5.97. The third kappa shape index (κ3) is 26.5. The van der Waals surface area contributed by atoms with Crippen molar-refractivity contribution in [2.75, 3.05) is 25.1 Å². The van der Waals surface area contributed by atoms with Crippen molar-refractivity contribution < 1.29 is 38.4 Å². The maximum atomic E-state index is 14.3. The molecule has 0 radical (unpaired) electrons. The fourth-order valence-corrected chi connectivity index (χ4v) is 8.12. The number of hydrogen-bond donors (Lipinski definition) is 13. The second-order valence-corrected chi connectivity index (χ2v) is 21.0. The highest BCUT2D eigenvalue weighted by molar-refractivity contribution is 7.98. The highest BCUT2D eigenvalue weighted by atomic mass is 32.2. The van der Waals surface area contributed by atoms with Gasteiger partial charge in [-0.05, 0) is 106 Å². The summed E-state index contributed by atoms with van der Waals surface area (Å²) >= 11 is 1.47. The fraction of sp³-hybridized carbons (Fsp3) is 0.680. The van der Waals surface area contributed by atoms with Crippen molar-refractivity contribution in [1.29, 1.82) is 5.41 Å². The van der Waals surface area contributed by atoms with Crippen molar-refractivity contribution >= 4 is 70.8 Å². The van der Waals surface area contributed by atoms with Crippen molar-refractivity contribution in [3.05, 3.63) is 35.4 Å². The molecule has 0 fully saturated rings. The van der Waals surface area contributed by atoms with Crippen LogP contribution in [0.1, 0.15) is 131 Å². The largest absolute Gasteiger partial charge is 0.384 e. The third-order valence-electron chi connectivity index (χ3n) is 11.5. The number of nitrogens with two attached hydrogens (primary N) is 4. The second kappa shape index (κ2) is 34.5. The van der Waals surface area contributed by atoms with E-state index in [9.17, 15) is 38.4 Å². The summed E-state index contributed by atoms with van der Waals surface area (Å²) in [6.45, 7) is 16.6. The van der Waals surface area contributed by atoms with Crippen LogP contribution in [0.3, 0.4) is 0 Å². The van der Waals surface area contributed by atoms with Gasteiger partial charge in [-0.15, -0.1) is 0 Å². The summed E-state index contributed by atoms with van der Waals surface area (Å²) < 4.78 is 0. The molecule has 0 saturated carbocycles. The number of nitrogen functional groups attached to an aromatic ring is 1. The number of carbonyl (C=O) groups excluding carboxylic acids is 8. The number of amides is 8. The maximum absolute atomic E-state index is 14.3. The van der Waals surface area contributed by atoms with Gasteiger partial charge in [0.05, 0.1) is 0 Å². The van der Waals surface area contributed by atoms with Gasteiger partial charge in [0.25, 0.3) is 0 Å². The first-order valence-corrected chi connectivity index (χ1v) is 26.7. The van der Waals surface area contributed by atoms with Crippen molar-refractivity contribution in [3.63, 3.8) is 0 Å². The van der Waals surface area contributed by atoms with Gasteiger partial charge in [0.15, 0.2) is 5.96 Å². The maximum Gasteiger partial charge on any atom is 0.243 e. The summed E-state index contributed by atoms with van der Waals surface area (Å²) in [4.78, 5) is 114. The summed E-state index contributed by atoms with van der Waals surface area (Å²) in [5, 5.41) is 29.9. The van der Waals surface area contributed by atoms with Gasteiger partial charge in [-0.1, -0.05) is 79.7 Å². The molecule has 0 unspecified atom stereocenters. The molecule has 0 saturated heterocycles. The van der Waals surface area contributed by atoms with E-state index in [0.717, 1.165) is 5.56 Å². The molecule has 17 N–H and O–H groups in total. The lowest BCUT2D eigenvalue weighted by atomic mass is 9.98. The van der Waals surface area contributed by atoms with E-state index in [4.69, 9.17) is 28.3 Å². The minimum Gasteiger partial charge on any atom is -0.384 e. The van der Waals surface area contributed by atoms with Crippen molar-refractivity contribution in [3.8, 4) is 0 Å². The quantitative estimate of drug-likeness (QED) is 0.0254. The molecule has 0 aliphatic heterocycles. The first kappa shape index (κ1) is 65.0. The molecule has 0 heterocycles. The van der Waals surface area contributed by atoms with E-state index in [2.05, 4.69) is 47.5 Å². The lowest BCUT2D eigenvalue weighted by molar-refractivity contribution is -0.136. The SMILES string of the molecule is CSCC[C@H](NC(=O)[C@H](CC(C)C)NC(C)=O)C(=O)N[C@@H](CC(C)C)C(=O)N[C@@H](CC(C)C)C(=O)N[C@@H](CCCN=C(N)N)C(=O)N[C@H](C(=O)N[C@@H](CCCCN)C(=O)NCc1ccc(C(=N)N)cc1)C(C)C. The van der Waals surface area contributed by atoms with E-state index in [1.54, 1.807) is 38.1 Å². The number of thioether (sulfide) groups is 1. The smallest absolute Gasteiger partial charge is 0.243 e. The minimum atomic E-state index is -1.25. The molecule has 1 aromatic carbocycles. The van der Waals surface area contributed by atoms with E-state index < -0.39 is 95.5 Å². The van der Waals surface area contributed by atoms with Crippen LogP contribution in [0.5, 0.6) is 0 Å². The van der Waals surface area contributed by atoms with Crippen LogP contribution < -0.4 is 65.5 Å². The molecule has 73 heavy (non-hydrogen) atoms. The van der Waals surface area contributed by atoms with Crippen LogP contribution in [0.2, 0.25) is 0 Å². The number of aliphatic imine (C=N–C) groups is 1. The van der Waals surface area contributed by atoms with Crippen LogP contribution in [0.4, 0.5) is 0 Å². The van der Waals surface area contributed by atoms with Gasteiger partial charge in [0.1, 0.15) is 48.1 Å². The first-order valence-electron chi connectivity index (χ1n) is 25.3. The van der Waals surface area contributed by atoms with Crippen molar-refractivity contribution in [2.45, 2.75) is 169 Å². The number of benzene rings is 1. The standard InChI is InChI=1S/C50H88N14O8S/c1-28(2)24-38(58-32(9)65)46(69)60-37(20-23-73-10)44(67)62-40(26-30(5)6)48(71)63-39(25-29(3)4)47(70)59-36(15-13-22-56-50(54)55)45(68)64-41(31(7)8)49(72)61-35(14-11-12-21-51)43(66)57-27-33-16-18-34(19-17-33)42(52)53/h16-19,28-31,35-41H,11-15,20-27,51H2,1-10H3,(H3,52,53)(H,57,66)(H,58,65)(H,59,70)(H,60,69)(H,61,72)(H,62,67)(H,63,71)(H,64,68)(H4,54,55,56)/t35-,36-,37-,38-,39-,40-,41-/m0/s1. The molecule has 22 nitrogen and oxygen atoms in total. The number of guanidine groups is 1. The van der Waals surface area contributed by atoms with Crippen LogP contribution in [0, 0.1) is 29.1 Å². The molecule has 0 aromatic heterocycles. The summed E-state index contributed by atoms with van der Waals surface area (Å²) in [7, 11) is 0. The Morgan fingerprint density at radius 3 is 1.42 bits per heavy atom. The molecule has 1 rings (SSSR count). The van der Waals surface area contributed by atoms with E-state index in [1.807, 2.05) is 47.8 Å². The Labute approximate surface area is 436 Å². The summed E-state index contributed by atoms with van der Waals surface area (Å²) in [6.07, 6.45) is 4.40. The van der Waals surface area contributed by atoms with E-state index in [-0.39, 0.29) is 81.2 Å². The average Bonchev–Trinajstić information content (AvgIpc) is 3.30. The summed E-state index contributed by atoms with van der Waals surface area (Å²) in [5.41, 5.74) is 23.7. The lowest BCUT2D eigenvalue weighted by Crippen LogP contribution is -2.61. The molecular formula is C50H88N14O8S. The number of rotatable bonds is 35. The van der Waals surface area contributed by atoms with Gasteiger partial charge >= 0.3 is 0 Å². The van der Waals surface area contributed by atoms with Gasteiger partial charge in [0.2, 0.25) is 47.3 Å². The predicted molar refractivity (Wildman–Crippen MR) is 288 cm³/mol. The van der Waals surface area contributed by atoms with E-state index in [1.165, 1.54) is 18.7 Å². The Balaban J connectivity index is 3.45. The minimum absolute atomic E-state index is 0.0236. The van der Waals surface area contributed by atoms with Gasteiger partial charge in [-0.25, -0.2) is 0 Å². The third-order valence-corrected chi connectivity index (χ3v) is 12.1. The van der Waals surface area contributed by atoms with Gasteiger partial charge in [0, 0.05) is 25.6 Å². The van der Waals surface area contributed by atoms with Gasteiger partial charge in [-0.2, -0.15) is 11.8 Å². The van der Waals surface area contributed by atoms with Crippen molar-refractivity contribution in [1.82, 2.24) is 42.5 Å². The Kier molecular flexibility index (Phi) is 30.7. The number of unbranched alkanes of at least 4 members (excludes halogenated alkanes) is 1. The van der Waals surface area contributed by atoms with Crippen LogP contribution in [0.15, 0.2) is 29.3 Å². The number of amidine groups is 1. The molecule has 412 valence electrons. The monoisotopic (exact) mass is 1040 g/mol. The summed E-state index contributed by atoms with van der Waals surface area (Å²) in [6, 6.07) is -0.822. The van der Waals surface area contributed by atoms with Gasteiger partial charge in [-0.3, -0.25) is 48.8 Å². The first-order chi connectivity index (χ1) is 34.3. The van der Waals surface area contributed by atoms with Crippen LogP contribution in [-0.2, 0) is 44.9 Å². The van der Waals surface area contributed by atoms with E-state index in [0.29, 0.717) is 37.1 Å². The highest BCUT2D eigenvalue weighted by Gasteiger charge is 2.35. The molecule has 0 aliphatic carbocycles. The summed E-state index contributed by atoms with van der Waals surface area (Å²) in [5.74, 6) is -5.10. The Morgan fingerprint density at radius 2 is 0.986 bits per heavy atom. The number of nitrogens with zero attached hydrogens (tertiary/aromatic N) is 1. The molecule has 0 spiro atoms. The van der Waals surface area contributed by atoms with E-state index >= 15 is 0 Å². The number of nitrogens with one attached hydrogen (secondary N) is 9. The molecule has 1 aromatic rings. The van der Waals surface area contributed by atoms with Gasteiger partial charge < -0.3 is 65.5 Å². The topological polar surface area (TPSA) is 373 Å². The molecule has 8 amide bonds. The molecule has 0 bridgehead atoms. The predicted octanol–water partition coefficient (Wildman–Crippen LogP) is 0.730. The highest BCUT2D eigenvalue weighted by Crippen LogP contribution is 2.14.